The number of unbranched alkanes of at least 4 members (excludes halogenated alkanes) is 2. The van der Waals surface area contributed by atoms with Crippen LogP contribution in [0, 0.1) is 0 Å². The Morgan fingerprint density at radius 2 is 2.23 bits per heavy atom. The number of nitrogens with zero attached hydrogens (tertiary/aromatic N) is 1. The number of esters is 1. The highest BCUT2D eigenvalue weighted by atomic mass is 32.2. The third-order valence-electron chi connectivity index (χ3n) is 2.92. The molecule has 0 saturated heterocycles. The number of thioether (sulfide) groups is 1. The zero-order chi connectivity index (χ0) is 16.2. The summed E-state index contributed by atoms with van der Waals surface area (Å²) in [6, 6.07) is 3.52. The van der Waals surface area contributed by atoms with E-state index in [2.05, 4.69) is 21.6 Å². The summed E-state index contributed by atoms with van der Waals surface area (Å²) in [6.45, 7) is 4.25. The van der Waals surface area contributed by atoms with Crippen LogP contribution >= 0.6 is 11.8 Å². The predicted molar refractivity (Wildman–Crippen MR) is 88.0 cm³/mol. The maximum absolute atomic E-state index is 12.2. The van der Waals surface area contributed by atoms with Crippen LogP contribution < -0.4 is 5.32 Å². The van der Waals surface area contributed by atoms with Crippen molar-refractivity contribution in [2.45, 2.75) is 30.7 Å². The van der Waals surface area contributed by atoms with Gasteiger partial charge in [-0.2, -0.15) is 0 Å². The van der Waals surface area contributed by atoms with Crippen molar-refractivity contribution in [3.63, 3.8) is 0 Å². The third-order valence-corrected chi connectivity index (χ3v) is 3.93. The van der Waals surface area contributed by atoms with E-state index in [1.54, 1.807) is 24.4 Å². The molecule has 0 aliphatic carbocycles. The standard InChI is InChI=1S/C16H22N2O3S/c1-3-12-22-16-13(8-7-11-18-16)15(20)17-10-6-4-5-9-14(19)21-2/h3,7-8,11H,1,4-6,9-10,12H2,2H3,(H,17,20). The van der Waals surface area contributed by atoms with Crippen molar-refractivity contribution in [2.24, 2.45) is 0 Å². The number of hydrogen-bond acceptors (Lipinski definition) is 5. The summed E-state index contributed by atoms with van der Waals surface area (Å²) >= 11 is 1.49. The molecule has 1 heterocycles. The van der Waals surface area contributed by atoms with E-state index in [1.165, 1.54) is 18.9 Å². The molecule has 0 aliphatic rings. The molecule has 0 unspecified atom stereocenters. The van der Waals surface area contributed by atoms with Crippen LogP contribution in [0.2, 0.25) is 0 Å². The van der Waals surface area contributed by atoms with E-state index < -0.39 is 0 Å². The van der Waals surface area contributed by atoms with E-state index in [9.17, 15) is 9.59 Å². The number of amides is 1. The molecule has 1 amide bonds. The summed E-state index contributed by atoms with van der Waals surface area (Å²) in [4.78, 5) is 27.3. The Kier molecular flexibility index (Phi) is 8.98. The molecule has 0 aliphatic heterocycles. The van der Waals surface area contributed by atoms with Gasteiger partial charge in [0.25, 0.3) is 5.91 Å². The molecule has 0 bridgehead atoms. The molecule has 22 heavy (non-hydrogen) atoms. The highest BCUT2D eigenvalue weighted by Gasteiger charge is 2.11. The van der Waals surface area contributed by atoms with E-state index in [0.29, 0.717) is 29.3 Å². The van der Waals surface area contributed by atoms with Crippen LogP contribution in [0.1, 0.15) is 36.0 Å². The minimum absolute atomic E-state index is 0.118. The van der Waals surface area contributed by atoms with E-state index in [4.69, 9.17) is 0 Å². The molecule has 5 nitrogen and oxygen atoms in total. The van der Waals surface area contributed by atoms with Gasteiger partial charge in [0.05, 0.1) is 12.7 Å². The molecule has 1 aromatic rings. The van der Waals surface area contributed by atoms with Crippen molar-refractivity contribution in [1.82, 2.24) is 10.3 Å². The largest absolute Gasteiger partial charge is 0.469 e. The Balaban J connectivity index is 2.33. The van der Waals surface area contributed by atoms with E-state index in [-0.39, 0.29) is 11.9 Å². The van der Waals surface area contributed by atoms with Crippen molar-refractivity contribution in [3.8, 4) is 0 Å². The smallest absolute Gasteiger partial charge is 0.305 e. The summed E-state index contributed by atoms with van der Waals surface area (Å²) in [7, 11) is 1.39. The van der Waals surface area contributed by atoms with Gasteiger partial charge in [0.1, 0.15) is 5.03 Å². The molecule has 0 saturated carbocycles. The van der Waals surface area contributed by atoms with Gasteiger partial charge in [-0.25, -0.2) is 4.98 Å². The van der Waals surface area contributed by atoms with Gasteiger partial charge >= 0.3 is 5.97 Å². The Hall–Kier alpha value is -1.82. The maximum Gasteiger partial charge on any atom is 0.305 e. The van der Waals surface area contributed by atoms with Gasteiger partial charge in [-0.1, -0.05) is 12.5 Å². The zero-order valence-electron chi connectivity index (χ0n) is 12.8. The molecule has 0 atom stereocenters. The van der Waals surface area contributed by atoms with Crippen molar-refractivity contribution < 1.29 is 14.3 Å². The molecule has 1 N–H and O–H groups in total. The van der Waals surface area contributed by atoms with Crippen LogP contribution in [0.4, 0.5) is 0 Å². The summed E-state index contributed by atoms with van der Waals surface area (Å²) in [5.41, 5.74) is 0.587. The number of hydrogen-bond donors (Lipinski definition) is 1. The third kappa shape index (κ3) is 6.76. The zero-order valence-corrected chi connectivity index (χ0v) is 13.7. The fourth-order valence-electron chi connectivity index (χ4n) is 1.79. The Bertz CT molecular complexity index is 506. The summed E-state index contributed by atoms with van der Waals surface area (Å²) < 4.78 is 4.57. The van der Waals surface area contributed by atoms with Gasteiger partial charge in [-0.3, -0.25) is 9.59 Å². The number of rotatable bonds is 10. The number of carbonyl (C=O) groups excluding carboxylic acids is 2. The monoisotopic (exact) mass is 322 g/mol. The second kappa shape index (κ2) is 10.8. The first-order chi connectivity index (χ1) is 10.7. The van der Waals surface area contributed by atoms with Crippen molar-refractivity contribution in [3.05, 3.63) is 36.5 Å². The summed E-state index contributed by atoms with van der Waals surface area (Å²) in [6.07, 6.45) is 6.36. The first kappa shape index (κ1) is 18.2. The molecule has 6 heteroatoms. The Labute approximate surface area is 135 Å². The number of nitrogens with one attached hydrogen (secondary N) is 1. The number of methoxy groups -OCH3 is 1. The quantitative estimate of drug-likeness (QED) is 0.310. The fourth-order valence-corrected chi connectivity index (χ4v) is 2.51. The highest BCUT2D eigenvalue weighted by Crippen LogP contribution is 2.19. The van der Waals surface area contributed by atoms with Crippen LogP contribution in [0.3, 0.4) is 0 Å². The topological polar surface area (TPSA) is 68.3 Å². The lowest BCUT2D eigenvalue weighted by Crippen LogP contribution is -2.25. The molecule has 1 rings (SSSR count). The Morgan fingerprint density at radius 3 is 2.95 bits per heavy atom. The van der Waals surface area contributed by atoms with E-state index in [1.807, 2.05) is 0 Å². The van der Waals surface area contributed by atoms with Crippen molar-refractivity contribution in [2.75, 3.05) is 19.4 Å². The van der Waals surface area contributed by atoms with Gasteiger partial charge in [0.15, 0.2) is 0 Å². The van der Waals surface area contributed by atoms with E-state index in [0.717, 1.165) is 19.3 Å². The molecule has 0 fully saturated rings. The number of pyridine rings is 1. The average molecular weight is 322 g/mol. The lowest BCUT2D eigenvalue weighted by atomic mass is 10.2. The predicted octanol–water partition coefficient (Wildman–Crippen LogP) is 2.82. The number of carbonyl (C=O) groups is 2. The molecular formula is C16H22N2O3S. The van der Waals surface area contributed by atoms with Gasteiger partial charge in [-0.05, 0) is 25.0 Å². The van der Waals surface area contributed by atoms with Crippen LogP contribution in [0.5, 0.6) is 0 Å². The minimum Gasteiger partial charge on any atom is -0.469 e. The molecule has 120 valence electrons. The second-order valence-corrected chi connectivity index (χ2v) is 5.61. The van der Waals surface area contributed by atoms with Gasteiger partial charge in [0, 0.05) is 24.9 Å². The minimum atomic E-state index is -0.191. The fraction of sp³-hybridized carbons (Fsp3) is 0.438. The van der Waals surface area contributed by atoms with Gasteiger partial charge in [0.2, 0.25) is 0 Å². The maximum atomic E-state index is 12.2. The number of ether oxygens (including phenoxy) is 1. The van der Waals surface area contributed by atoms with Gasteiger partial charge in [-0.15, -0.1) is 18.3 Å². The van der Waals surface area contributed by atoms with Crippen molar-refractivity contribution >= 4 is 23.6 Å². The normalized spacial score (nSPS) is 10.0. The van der Waals surface area contributed by atoms with Crippen LogP contribution in [0.15, 0.2) is 36.0 Å². The van der Waals surface area contributed by atoms with Crippen LogP contribution in [-0.4, -0.2) is 36.3 Å². The van der Waals surface area contributed by atoms with Crippen LogP contribution in [-0.2, 0) is 9.53 Å². The van der Waals surface area contributed by atoms with Crippen LogP contribution in [0.25, 0.3) is 0 Å². The first-order valence-electron chi connectivity index (χ1n) is 7.22. The lowest BCUT2D eigenvalue weighted by Gasteiger charge is -2.08. The SMILES string of the molecule is C=CCSc1ncccc1C(=O)NCCCCCC(=O)OC. The molecule has 0 spiro atoms. The molecule has 1 aromatic heterocycles. The molecule has 0 radical (unpaired) electrons. The second-order valence-electron chi connectivity index (χ2n) is 4.60. The first-order valence-corrected chi connectivity index (χ1v) is 8.21. The highest BCUT2D eigenvalue weighted by molar-refractivity contribution is 7.99. The summed E-state index contributed by atoms with van der Waals surface area (Å²) in [5, 5.41) is 3.60. The van der Waals surface area contributed by atoms with Gasteiger partial charge < -0.3 is 10.1 Å². The molecular weight excluding hydrogens is 300 g/mol. The Morgan fingerprint density at radius 1 is 1.41 bits per heavy atom. The molecule has 0 aromatic carbocycles. The summed E-state index contributed by atoms with van der Waals surface area (Å²) in [5.74, 6) is 0.404. The number of aromatic nitrogens is 1. The average Bonchev–Trinajstić information content (AvgIpc) is 2.55. The van der Waals surface area contributed by atoms with Crippen molar-refractivity contribution in [1.29, 1.82) is 0 Å². The van der Waals surface area contributed by atoms with E-state index >= 15 is 0 Å². The lowest BCUT2D eigenvalue weighted by molar-refractivity contribution is -0.140.